The maximum absolute atomic E-state index is 8.28. The molecular formula is C10H5N5. The first-order chi connectivity index (χ1) is 7.40. The van der Waals surface area contributed by atoms with Crippen LogP contribution >= 0.6 is 0 Å². The number of nitrogens with one attached hydrogen (secondary N) is 1. The quantitative estimate of drug-likeness (QED) is 0.681. The van der Waals surface area contributed by atoms with E-state index in [2.05, 4.69) is 32.5 Å². The van der Waals surface area contributed by atoms with Gasteiger partial charge in [-0.05, 0) is 29.5 Å². The van der Waals surface area contributed by atoms with E-state index in [4.69, 9.17) is 5.26 Å². The average Bonchev–Trinajstić information content (AvgIpc) is 2.80. The molecule has 0 saturated heterocycles. The lowest BCUT2D eigenvalue weighted by Crippen LogP contribution is -1.81. The van der Waals surface area contributed by atoms with Crippen LogP contribution in [0.2, 0.25) is 0 Å². The molecule has 70 valence electrons. The molecule has 1 aromatic heterocycles. The fourth-order valence-electron chi connectivity index (χ4n) is 1.09. The molecule has 0 radical (unpaired) electrons. The van der Waals surface area contributed by atoms with Crippen molar-refractivity contribution in [3.05, 3.63) is 29.8 Å². The van der Waals surface area contributed by atoms with Gasteiger partial charge in [0.1, 0.15) is 0 Å². The number of tetrazole rings is 1. The van der Waals surface area contributed by atoms with Crippen molar-refractivity contribution in [3.8, 4) is 29.3 Å². The smallest absolute Gasteiger partial charge is 0.183 e. The second-order valence-corrected chi connectivity index (χ2v) is 2.67. The molecule has 1 N–H and O–H groups in total. The van der Waals surface area contributed by atoms with Crippen LogP contribution in [0.25, 0.3) is 11.4 Å². The number of hydrogen-bond donors (Lipinski definition) is 1. The first kappa shape index (κ1) is 8.92. The number of nitriles is 1. The van der Waals surface area contributed by atoms with Crippen LogP contribution in [0.15, 0.2) is 24.3 Å². The summed E-state index contributed by atoms with van der Waals surface area (Å²) in [6, 6.07) is 9.01. The van der Waals surface area contributed by atoms with E-state index in [0.29, 0.717) is 5.82 Å². The highest BCUT2D eigenvalue weighted by molar-refractivity contribution is 5.55. The van der Waals surface area contributed by atoms with Crippen molar-refractivity contribution in [1.29, 1.82) is 5.26 Å². The summed E-state index contributed by atoms with van der Waals surface area (Å²) >= 11 is 0. The van der Waals surface area contributed by atoms with Gasteiger partial charge in [0.25, 0.3) is 0 Å². The van der Waals surface area contributed by atoms with E-state index in [0.717, 1.165) is 11.1 Å². The van der Waals surface area contributed by atoms with Crippen LogP contribution in [-0.4, -0.2) is 20.6 Å². The van der Waals surface area contributed by atoms with Gasteiger partial charge >= 0.3 is 0 Å². The van der Waals surface area contributed by atoms with Crippen LogP contribution in [0.1, 0.15) is 5.56 Å². The highest BCUT2D eigenvalue weighted by Gasteiger charge is 2.00. The first-order valence-corrected chi connectivity index (χ1v) is 4.14. The van der Waals surface area contributed by atoms with Crippen LogP contribution in [0.3, 0.4) is 0 Å². The summed E-state index contributed by atoms with van der Waals surface area (Å²) in [5, 5.41) is 21.8. The third-order valence-corrected chi connectivity index (χ3v) is 1.75. The predicted molar refractivity (Wildman–Crippen MR) is 52.1 cm³/mol. The van der Waals surface area contributed by atoms with Gasteiger partial charge in [0.15, 0.2) is 6.07 Å². The minimum atomic E-state index is 0.537. The number of aromatic nitrogens is 4. The maximum Gasteiger partial charge on any atom is 0.204 e. The third kappa shape index (κ3) is 1.98. The number of benzene rings is 1. The van der Waals surface area contributed by atoms with E-state index in [-0.39, 0.29) is 0 Å². The average molecular weight is 195 g/mol. The largest absolute Gasteiger partial charge is 0.204 e. The monoisotopic (exact) mass is 195 g/mol. The van der Waals surface area contributed by atoms with E-state index < -0.39 is 0 Å². The zero-order chi connectivity index (χ0) is 10.5. The van der Waals surface area contributed by atoms with Crippen molar-refractivity contribution in [1.82, 2.24) is 20.6 Å². The lowest BCUT2D eigenvalue weighted by molar-refractivity contribution is 0.881. The molecule has 0 bridgehead atoms. The molecule has 1 heterocycles. The maximum atomic E-state index is 8.28. The Hall–Kier alpha value is -2.66. The van der Waals surface area contributed by atoms with Crippen molar-refractivity contribution in [2.45, 2.75) is 0 Å². The summed E-state index contributed by atoms with van der Waals surface area (Å²) in [7, 11) is 0. The number of aromatic amines is 1. The summed E-state index contributed by atoms with van der Waals surface area (Å²) < 4.78 is 0. The number of hydrogen-bond acceptors (Lipinski definition) is 4. The Morgan fingerprint density at radius 2 is 2.00 bits per heavy atom. The fourth-order valence-corrected chi connectivity index (χ4v) is 1.09. The van der Waals surface area contributed by atoms with Gasteiger partial charge in [0, 0.05) is 17.0 Å². The van der Waals surface area contributed by atoms with Crippen molar-refractivity contribution < 1.29 is 0 Å². The van der Waals surface area contributed by atoms with Gasteiger partial charge in [-0.1, -0.05) is 5.92 Å². The lowest BCUT2D eigenvalue weighted by atomic mass is 10.1. The van der Waals surface area contributed by atoms with Gasteiger partial charge < -0.3 is 0 Å². The second-order valence-electron chi connectivity index (χ2n) is 2.67. The zero-order valence-corrected chi connectivity index (χ0v) is 7.60. The minimum absolute atomic E-state index is 0.537. The van der Waals surface area contributed by atoms with E-state index in [1.807, 2.05) is 12.1 Å². The standard InChI is InChI=1S/C10H5N5/c11-7-1-2-8-3-5-9(6-4-8)10-12-14-15-13-10/h3-6H,(H,12,13,14,15). The van der Waals surface area contributed by atoms with Gasteiger partial charge in [-0.25, -0.2) is 0 Å². The van der Waals surface area contributed by atoms with Crippen LogP contribution in [0, 0.1) is 23.2 Å². The van der Waals surface area contributed by atoms with E-state index in [1.165, 1.54) is 0 Å². The van der Waals surface area contributed by atoms with Crippen molar-refractivity contribution in [3.63, 3.8) is 0 Å². The summed E-state index contributed by atoms with van der Waals surface area (Å²) in [5.74, 6) is 5.55. The molecule has 1 aromatic carbocycles. The molecule has 15 heavy (non-hydrogen) atoms. The molecular weight excluding hydrogens is 190 g/mol. The summed E-state index contributed by atoms with van der Waals surface area (Å²) in [4.78, 5) is 0. The summed E-state index contributed by atoms with van der Waals surface area (Å²) in [6.07, 6.45) is 0. The third-order valence-electron chi connectivity index (χ3n) is 1.75. The van der Waals surface area contributed by atoms with Gasteiger partial charge in [-0.15, -0.1) is 10.2 Å². The van der Waals surface area contributed by atoms with Crippen LogP contribution in [-0.2, 0) is 0 Å². The Morgan fingerprint density at radius 1 is 1.20 bits per heavy atom. The predicted octanol–water partition coefficient (Wildman–Crippen LogP) is 0.742. The highest BCUT2D eigenvalue weighted by atomic mass is 15.5. The Morgan fingerprint density at radius 3 is 2.60 bits per heavy atom. The molecule has 0 saturated carbocycles. The topological polar surface area (TPSA) is 78.2 Å². The van der Waals surface area contributed by atoms with Gasteiger partial charge in [0.2, 0.25) is 5.82 Å². The number of H-pyrrole nitrogens is 1. The SMILES string of the molecule is N#CC#Cc1ccc(-c2nn[nH]n2)cc1. The lowest BCUT2D eigenvalue weighted by Gasteiger charge is -1.93. The van der Waals surface area contributed by atoms with Gasteiger partial charge in [-0.2, -0.15) is 10.5 Å². The Labute approximate surface area is 85.7 Å². The fraction of sp³-hybridized carbons (Fsp3) is 0. The van der Waals surface area contributed by atoms with Crippen LogP contribution in [0.5, 0.6) is 0 Å². The molecule has 2 rings (SSSR count). The molecule has 0 fully saturated rings. The molecule has 0 aliphatic rings. The highest BCUT2D eigenvalue weighted by Crippen LogP contribution is 2.13. The molecule has 0 aliphatic carbocycles. The summed E-state index contributed by atoms with van der Waals surface area (Å²) in [5.41, 5.74) is 1.63. The second kappa shape index (κ2) is 4.03. The first-order valence-electron chi connectivity index (χ1n) is 4.14. The molecule has 0 spiro atoms. The molecule has 0 unspecified atom stereocenters. The molecule has 5 nitrogen and oxygen atoms in total. The molecule has 2 aromatic rings. The zero-order valence-electron chi connectivity index (χ0n) is 7.60. The van der Waals surface area contributed by atoms with Gasteiger partial charge in [-0.3, -0.25) is 0 Å². The Balaban J connectivity index is 2.30. The number of rotatable bonds is 1. The van der Waals surface area contributed by atoms with E-state index >= 15 is 0 Å². The van der Waals surface area contributed by atoms with Crippen molar-refractivity contribution in [2.75, 3.05) is 0 Å². The molecule has 0 amide bonds. The van der Waals surface area contributed by atoms with Crippen LogP contribution < -0.4 is 0 Å². The van der Waals surface area contributed by atoms with Gasteiger partial charge in [0.05, 0.1) is 0 Å². The minimum Gasteiger partial charge on any atom is -0.183 e. The Bertz CT molecular complexity index is 536. The van der Waals surface area contributed by atoms with E-state index in [9.17, 15) is 0 Å². The van der Waals surface area contributed by atoms with Crippen molar-refractivity contribution >= 4 is 0 Å². The van der Waals surface area contributed by atoms with Crippen LogP contribution in [0.4, 0.5) is 0 Å². The molecule has 5 heteroatoms. The van der Waals surface area contributed by atoms with Crippen molar-refractivity contribution in [2.24, 2.45) is 0 Å². The summed E-state index contributed by atoms with van der Waals surface area (Å²) in [6.45, 7) is 0. The van der Waals surface area contributed by atoms with E-state index in [1.54, 1.807) is 18.2 Å². The molecule has 0 atom stereocenters. The molecule has 0 aliphatic heterocycles. The normalized spacial score (nSPS) is 8.73. The number of nitrogens with zero attached hydrogens (tertiary/aromatic N) is 4. The Kier molecular flexibility index (Phi) is 2.40.